The van der Waals surface area contributed by atoms with Crippen LogP contribution in [0.3, 0.4) is 0 Å². The number of anilines is 2. The van der Waals surface area contributed by atoms with Crippen LogP contribution >= 0.6 is 0 Å². The SMILES string of the molecule is c1ccc(Nc2nnc(-c3ccccc3)c(-c3ccccc3)n2)cc1. The fraction of sp³-hybridized carbons (Fsp3) is 0. The number of nitrogens with one attached hydrogen (secondary N) is 1. The Morgan fingerprint density at radius 1 is 0.520 bits per heavy atom. The molecule has 0 fully saturated rings. The first-order valence-electron chi connectivity index (χ1n) is 8.08. The lowest BCUT2D eigenvalue weighted by atomic mass is 10.0. The van der Waals surface area contributed by atoms with Crippen LogP contribution in [-0.2, 0) is 0 Å². The Bertz CT molecular complexity index is 955. The van der Waals surface area contributed by atoms with E-state index in [1.807, 2.05) is 91.0 Å². The monoisotopic (exact) mass is 324 g/mol. The van der Waals surface area contributed by atoms with Crippen molar-refractivity contribution in [2.24, 2.45) is 0 Å². The van der Waals surface area contributed by atoms with Crippen LogP contribution in [0.2, 0.25) is 0 Å². The van der Waals surface area contributed by atoms with Crippen LogP contribution in [-0.4, -0.2) is 15.2 Å². The number of para-hydroxylation sites is 1. The lowest BCUT2D eigenvalue weighted by molar-refractivity contribution is 0.990. The number of aromatic nitrogens is 3. The largest absolute Gasteiger partial charge is 0.323 e. The summed E-state index contributed by atoms with van der Waals surface area (Å²) in [6.45, 7) is 0. The molecule has 0 aliphatic carbocycles. The fourth-order valence-corrected chi connectivity index (χ4v) is 2.62. The Balaban J connectivity index is 1.80. The third-order valence-electron chi connectivity index (χ3n) is 3.81. The van der Waals surface area contributed by atoms with E-state index in [1.165, 1.54) is 0 Å². The summed E-state index contributed by atoms with van der Waals surface area (Å²) in [6.07, 6.45) is 0. The molecule has 4 aromatic rings. The van der Waals surface area contributed by atoms with Crippen LogP contribution in [0.1, 0.15) is 0 Å². The first-order valence-corrected chi connectivity index (χ1v) is 8.08. The second-order valence-electron chi connectivity index (χ2n) is 5.56. The van der Waals surface area contributed by atoms with Crippen molar-refractivity contribution in [3.63, 3.8) is 0 Å². The third-order valence-corrected chi connectivity index (χ3v) is 3.81. The summed E-state index contributed by atoms with van der Waals surface area (Å²) in [7, 11) is 0. The quantitative estimate of drug-likeness (QED) is 0.577. The van der Waals surface area contributed by atoms with E-state index in [-0.39, 0.29) is 0 Å². The predicted molar refractivity (Wildman–Crippen MR) is 100 cm³/mol. The first-order chi connectivity index (χ1) is 12.4. The molecule has 0 aliphatic heterocycles. The number of rotatable bonds is 4. The maximum Gasteiger partial charge on any atom is 0.247 e. The summed E-state index contributed by atoms with van der Waals surface area (Å²) >= 11 is 0. The van der Waals surface area contributed by atoms with E-state index in [9.17, 15) is 0 Å². The van der Waals surface area contributed by atoms with E-state index >= 15 is 0 Å². The Morgan fingerprint density at radius 2 is 1.04 bits per heavy atom. The van der Waals surface area contributed by atoms with E-state index in [0.29, 0.717) is 5.95 Å². The molecule has 0 amide bonds. The van der Waals surface area contributed by atoms with Gasteiger partial charge < -0.3 is 5.32 Å². The van der Waals surface area contributed by atoms with Gasteiger partial charge in [0.25, 0.3) is 0 Å². The van der Waals surface area contributed by atoms with Crippen LogP contribution in [0.5, 0.6) is 0 Å². The molecule has 0 saturated carbocycles. The number of hydrogen-bond donors (Lipinski definition) is 1. The first kappa shape index (κ1) is 15.0. The summed E-state index contributed by atoms with van der Waals surface area (Å²) in [5.74, 6) is 0.477. The summed E-state index contributed by atoms with van der Waals surface area (Å²) in [4.78, 5) is 4.73. The molecule has 4 nitrogen and oxygen atoms in total. The van der Waals surface area contributed by atoms with Gasteiger partial charge in [0, 0.05) is 16.8 Å². The van der Waals surface area contributed by atoms with Gasteiger partial charge in [-0.05, 0) is 12.1 Å². The zero-order valence-corrected chi connectivity index (χ0v) is 13.5. The fourth-order valence-electron chi connectivity index (χ4n) is 2.62. The Morgan fingerprint density at radius 3 is 1.64 bits per heavy atom. The van der Waals surface area contributed by atoms with Crippen molar-refractivity contribution in [1.29, 1.82) is 0 Å². The zero-order chi connectivity index (χ0) is 16.9. The molecule has 0 aliphatic rings. The van der Waals surface area contributed by atoms with E-state index in [2.05, 4.69) is 15.5 Å². The smallest absolute Gasteiger partial charge is 0.247 e. The van der Waals surface area contributed by atoms with Gasteiger partial charge >= 0.3 is 0 Å². The van der Waals surface area contributed by atoms with Gasteiger partial charge in [0.15, 0.2) is 0 Å². The van der Waals surface area contributed by atoms with Gasteiger partial charge in [-0.1, -0.05) is 78.9 Å². The van der Waals surface area contributed by atoms with Gasteiger partial charge in [-0.25, -0.2) is 4.98 Å². The van der Waals surface area contributed by atoms with Gasteiger partial charge in [0.2, 0.25) is 5.95 Å². The molecule has 120 valence electrons. The normalized spacial score (nSPS) is 10.4. The summed E-state index contributed by atoms with van der Waals surface area (Å²) in [5.41, 5.74) is 4.50. The van der Waals surface area contributed by atoms with E-state index in [0.717, 1.165) is 28.2 Å². The second kappa shape index (κ2) is 6.93. The summed E-state index contributed by atoms with van der Waals surface area (Å²) < 4.78 is 0. The zero-order valence-electron chi connectivity index (χ0n) is 13.5. The van der Waals surface area contributed by atoms with Gasteiger partial charge in [0.1, 0.15) is 11.4 Å². The number of benzene rings is 3. The van der Waals surface area contributed by atoms with Gasteiger partial charge in [-0.2, -0.15) is 0 Å². The van der Waals surface area contributed by atoms with Crippen LogP contribution in [0.25, 0.3) is 22.5 Å². The molecule has 25 heavy (non-hydrogen) atoms. The maximum atomic E-state index is 4.73. The molecule has 0 saturated heterocycles. The Labute approximate surface area is 146 Å². The Kier molecular flexibility index (Phi) is 4.16. The van der Waals surface area contributed by atoms with Crippen molar-refractivity contribution in [3.05, 3.63) is 91.0 Å². The molecule has 1 aromatic heterocycles. The molecule has 1 N–H and O–H groups in total. The van der Waals surface area contributed by atoms with Gasteiger partial charge in [0.05, 0.1) is 0 Å². The van der Waals surface area contributed by atoms with Crippen molar-refractivity contribution in [2.45, 2.75) is 0 Å². The lowest BCUT2D eigenvalue weighted by Crippen LogP contribution is -2.03. The third kappa shape index (κ3) is 3.38. The molecule has 0 unspecified atom stereocenters. The average molecular weight is 324 g/mol. The number of hydrogen-bond acceptors (Lipinski definition) is 4. The second-order valence-corrected chi connectivity index (χ2v) is 5.56. The standard InChI is InChI=1S/C21H16N4/c1-4-10-16(11-5-1)19-20(17-12-6-2-7-13-17)24-25-21(23-19)22-18-14-8-3-9-15-18/h1-15H,(H,22,23,25). The molecule has 4 rings (SSSR count). The molecule has 4 heteroatoms. The van der Waals surface area contributed by atoms with E-state index < -0.39 is 0 Å². The molecule has 0 spiro atoms. The molecule has 0 atom stereocenters. The van der Waals surface area contributed by atoms with E-state index in [4.69, 9.17) is 4.98 Å². The molecular formula is C21H16N4. The minimum absolute atomic E-state index is 0.477. The maximum absolute atomic E-state index is 4.73. The highest BCUT2D eigenvalue weighted by atomic mass is 15.2. The van der Waals surface area contributed by atoms with Crippen LogP contribution in [0.4, 0.5) is 11.6 Å². The minimum Gasteiger partial charge on any atom is -0.323 e. The van der Waals surface area contributed by atoms with E-state index in [1.54, 1.807) is 0 Å². The predicted octanol–water partition coefficient (Wildman–Crippen LogP) is 4.95. The highest BCUT2D eigenvalue weighted by molar-refractivity contribution is 5.78. The van der Waals surface area contributed by atoms with Crippen molar-refractivity contribution < 1.29 is 0 Å². The molecule has 3 aromatic carbocycles. The van der Waals surface area contributed by atoms with Gasteiger partial charge in [-0.3, -0.25) is 0 Å². The minimum atomic E-state index is 0.477. The van der Waals surface area contributed by atoms with Crippen molar-refractivity contribution in [1.82, 2.24) is 15.2 Å². The van der Waals surface area contributed by atoms with Crippen LogP contribution in [0.15, 0.2) is 91.0 Å². The van der Waals surface area contributed by atoms with Crippen LogP contribution in [0, 0.1) is 0 Å². The lowest BCUT2D eigenvalue weighted by Gasteiger charge is -2.10. The van der Waals surface area contributed by atoms with Gasteiger partial charge in [-0.15, -0.1) is 10.2 Å². The molecule has 1 heterocycles. The van der Waals surface area contributed by atoms with Crippen LogP contribution < -0.4 is 5.32 Å². The topological polar surface area (TPSA) is 50.7 Å². The summed E-state index contributed by atoms with van der Waals surface area (Å²) in [6, 6.07) is 29.9. The van der Waals surface area contributed by atoms with Crippen molar-refractivity contribution in [3.8, 4) is 22.5 Å². The average Bonchev–Trinajstić information content (AvgIpc) is 2.70. The molecular weight excluding hydrogens is 308 g/mol. The molecule has 0 radical (unpaired) electrons. The highest BCUT2D eigenvalue weighted by Gasteiger charge is 2.13. The summed E-state index contributed by atoms with van der Waals surface area (Å²) in [5, 5.41) is 11.9. The van der Waals surface area contributed by atoms with Crippen molar-refractivity contribution >= 4 is 11.6 Å². The highest BCUT2D eigenvalue weighted by Crippen LogP contribution is 2.29. The van der Waals surface area contributed by atoms with Crippen molar-refractivity contribution in [2.75, 3.05) is 5.32 Å². The number of nitrogens with zero attached hydrogens (tertiary/aromatic N) is 3. The Hall–Kier alpha value is -3.53. The molecule has 0 bridgehead atoms.